The highest BCUT2D eigenvalue weighted by molar-refractivity contribution is 5.80. The lowest BCUT2D eigenvalue weighted by Crippen LogP contribution is -2.33. The van der Waals surface area contributed by atoms with Crippen molar-refractivity contribution in [2.24, 2.45) is 0 Å². The molecule has 0 N–H and O–H groups in total. The Bertz CT molecular complexity index is 793. The van der Waals surface area contributed by atoms with E-state index in [-0.39, 0.29) is 16.6 Å². The van der Waals surface area contributed by atoms with Gasteiger partial charge in [-0.2, -0.15) is 0 Å². The van der Waals surface area contributed by atoms with Gasteiger partial charge in [-0.3, -0.25) is 0 Å². The highest BCUT2D eigenvalue weighted by Gasteiger charge is 2.36. The van der Waals surface area contributed by atoms with E-state index in [1.54, 1.807) is 12.1 Å². The molecule has 126 valence electrons. The third-order valence-corrected chi connectivity index (χ3v) is 5.54. The van der Waals surface area contributed by atoms with Gasteiger partial charge in [-0.05, 0) is 70.6 Å². The molecule has 0 radical (unpaired) electrons. The van der Waals surface area contributed by atoms with E-state index in [9.17, 15) is 4.39 Å². The largest absolute Gasteiger partial charge is 0.207 e. The molecule has 0 nitrogen and oxygen atoms in total. The second-order valence-corrected chi connectivity index (χ2v) is 8.41. The van der Waals surface area contributed by atoms with Crippen molar-refractivity contribution in [2.45, 2.75) is 58.3 Å². The van der Waals surface area contributed by atoms with Crippen molar-refractivity contribution in [3.63, 3.8) is 0 Å². The van der Waals surface area contributed by atoms with Crippen molar-refractivity contribution >= 4 is 11.6 Å². The molecule has 0 amide bonds. The molecule has 1 aliphatic carbocycles. The molecule has 1 aliphatic rings. The molecule has 24 heavy (non-hydrogen) atoms. The van der Waals surface area contributed by atoms with Crippen molar-refractivity contribution in [2.75, 3.05) is 0 Å². The van der Waals surface area contributed by atoms with Gasteiger partial charge in [0.05, 0.1) is 0 Å². The van der Waals surface area contributed by atoms with Crippen LogP contribution in [0.25, 0.3) is 11.6 Å². The van der Waals surface area contributed by atoms with E-state index in [0.717, 1.165) is 5.56 Å². The van der Waals surface area contributed by atoms with E-state index in [2.05, 4.69) is 58.9 Å². The van der Waals surface area contributed by atoms with Crippen molar-refractivity contribution in [1.29, 1.82) is 0 Å². The second kappa shape index (κ2) is 5.88. The minimum Gasteiger partial charge on any atom is -0.207 e. The first-order valence-corrected chi connectivity index (χ1v) is 8.78. The minimum atomic E-state index is -0.190. The number of halogens is 1. The maximum atomic E-state index is 13.4. The van der Waals surface area contributed by atoms with Crippen LogP contribution in [0.1, 0.15) is 69.7 Å². The summed E-state index contributed by atoms with van der Waals surface area (Å²) in [5, 5.41) is 0. The van der Waals surface area contributed by atoms with Gasteiger partial charge in [0.25, 0.3) is 0 Å². The molecule has 0 saturated heterocycles. The number of rotatable bonds is 2. The molecule has 0 fully saturated rings. The molecule has 2 aromatic carbocycles. The fourth-order valence-corrected chi connectivity index (χ4v) is 3.76. The zero-order valence-corrected chi connectivity index (χ0v) is 15.4. The third kappa shape index (κ3) is 3.17. The summed E-state index contributed by atoms with van der Waals surface area (Å²) in [4.78, 5) is 0. The van der Waals surface area contributed by atoms with E-state index < -0.39 is 0 Å². The topological polar surface area (TPSA) is 0 Å². The summed E-state index contributed by atoms with van der Waals surface area (Å²) in [5.41, 5.74) is 6.68. The Balaban J connectivity index is 2.05. The van der Waals surface area contributed by atoms with Gasteiger partial charge in [0, 0.05) is 0 Å². The van der Waals surface area contributed by atoms with Crippen LogP contribution in [0.4, 0.5) is 4.39 Å². The molecule has 0 atom stereocenters. The number of allylic oxidation sites excluding steroid dienone is 1. The van der Waals surface area contributed by atoms with Crippen LogP contribution in [0.5, 0.6) is 0 Å². The Hall–Kier alpha value is -1.89. The van der Waals surface area contributed by atoms with Gasteiger partial charge in [-0.1, -0.05) is 64.1 Å². The predicted molar refractivity (Wildman–Crippen MR) is 102 cm³/mol. The van der Waals surface area contributed by atoms with Crippen LogP contribution >= 0.6 is 0 Å². The molecule has 3 rings (SSSR count). The van der Waals surface area contributed by atoms with Crippen molar-refractivity contribution in [3.05, 3.63) is 70.5 Å². The first-order valence-electron chi connectivity index (χ1n) is 8.78. The molecule has 1 heteroatoms. The van der Waals surface area contributed by atoms with E-state index in [1.165, 1.54) is 41.2 Å². The lowest BCUT2D eigenvalue weighted by molar-refractivity contribution is 0.332. The van der Waals surface area contributed by atoms with Crippen LogP contribution in [0.15, 0.2) is 42.5 Å². The van der Waals surface area contributed by atoms with E-state index in [0.29, 0.717) is 0 Å². The zero-order chi connectivity index (χ0) is 17.5. The number of hydrogen-bond donors (Lipinski definition) is 0. The Morgan fingerprint density at radius 2 is 1.58 bits per heavy atom. The van der Waals surface area contributed by atoms with Crippen LogP contribution in [-0.4, -0.2) is 0 Å². The number of hydrogen-bond acceptors (Lipinski definition) is 0. The lowest BCUT2D eigenvalue weighted by Gasteiger charge is -2.42. The average molecular weight is 322 g/mol. The van der Waals surface area contributed by atoms with E-state index >= 15 is 0 Å². The fraction of sp³-hybridized carbons (Fsp3) is 0.391. The van der Waals surface area contributed by atoms with Crippen molar-refractivity contribution < 1.29 is 4.39 Å². The van der Waals surface area contributed by atoms with Crippen LogP contribution in [0, 0.1) is 5.82 Å². The van der Waals surface area contributed by atoms with Gasteiger partial charge in [-0.25, -0.2) is 4.39 Å². The average Bonchev–Trinajstić information content (AvgIpc) is 2.52. The standard InChI is InChI=1S/C23H27F/c1-16(13-17-7-6-8-19(24)14-17)18-9-10-20-21(15-18)23(4,5)12-11-22(20,2)3/h6-10,13-15H,11-12H2,1-5H3. The van der Waals surface area contributed by atoms with Gasteiger partial charge in [-0.15, -0.1) is 0 Å². The molecule has 0 aromatic heterocycles. The lowest BCUT2D eigenvalue weighted by atomic mass is 9.63. The van der Waals surface area contributed by atoms with Gasteiger partial charge in [0.15, 0.2) is 0 Å². The molecule has 2 aromatic rings. The molecule has 0 heterocycles. The Labute approximate surface area is 145 Å². The van der Waals surface area contributed by atoms with Gasteiger partial charge in [0.1, 0.15) is 5.82 Å². The SMILES string of the molecule is CC(=Cc1cccc(F)c1)c1ccc2c(c1)C(C)(C)CCC2(C)C. The van der Waals surface area contributed by atoms with Crippen LogP contribution < -0.4 is 0 Å². The normalized spacial score (nSPS) is 19.0. The smallest absolute Gasteiger partial charge is 0.123 e. The Kier molecular flexibility index (Phi) is 4.15. The van der Waals surface area contributed by atoms with Crippen LogP contribution in [0.3, 0.4) is 0 Å². The van der Waals surface area contributed by atoms with Crippen LogP contribution in [-0.2, 0) is 10.8 Å². The van der Waals surface area contributed by atoms with Gasteiger partial charge in [0.2, 0.25) is 0 Å². The summed E-state index contributed by atoms with van der Waals surface area (Å²) in [6.07, 6.45) is 4.50. The molecule has 0 aliphatic heterocycles. The monoisotopic (exact) mass is 322 g/mol. The summed E-state index contributed by atoms with van der Waals surface area (Å²) < 4.78 is 13.4. The maximum absolute atomic E-state index is 13.4. The van der Waals surface area contributed by atoms with Gasteiger partial charge >= 0.3 is 0 Å². The fourth-order valence-electron chi connectivity index (χ4n) is 3.76. The summed E-state index contributed by atoms with van der Waals surface area (Å²) in [6.45, 7) is 11.5. The quantitative estimate of drug-likeness (QED) is 0.537. The predicted octanol–water partition coefficient (Wildman–Crippen LogP) is 6.74. The van der Waals surface area contributed by atoms with Crippen molar-refractivity contribution in [3.8, 4) is 0 Å². The second-order valence-electron chi connectivity index (χ2n) is 8.41. The third-order valence-electron chi connectivity index (χ3n) is 5.54. The summed E-state index contributed by atoms with van der Waals surface area (Å²) in [6, 6.07) is 13.6. The first-order chi connectivity index (χ1) is 11.2. The van der Waals surface area contributed by atoms with Crippen molar-refractivity contribution in [1.82, 2.24) is 0 Å². The summed E-state index contributed by atoms with van der Waals surface area (Å²) in [5.74, 6) is -0.190. The number of fused-ring (bicyclic) bond motifs is 1. The number of benzene rings is 2. The molecular formula is C23H27F. The van der Waals surface area contributed by atoms with E-state index in [1.807, 2.05) is 6.07 Å². The molecule has 0 saturated carbocycles. The molecule has 0 unspecified atom stereocenters. The summed E-state index contributed by atoms with van der Waals surface area (Å²) >= 11 is 0. The highest BCUT2D eigenvalue weighted by atomic mass is 19.1. The zero-order valence-electron chi connectivity index (χ0n) is 15.4. The van der Waals surface area contributed by atoms with Crippen LogP contribution in [0.2, 0.25) is 0 Å². The maximum Gasteiger partial charge on any atom is 0.123 e. The minimum absolute atomic E-state index is 0.190. The molecule has 0 bridgehead atoms. The summed E-state index contributed by atoms with van der Waals surface area (Å²) in [7, 11) is 0. The molecular weight excluding hydrogens is 295 g/mol. The van der Waals surface area contributed by atoms with E-state index in [4.69, 9.17) is 0 Å². The highest BCUT2D eigenvalue weighted by Crippen LogP contribution is 2.46. The Morgan fingerprint density at radius 1 is 0.917 bits per heavy atom. The first kappa shape index (κ1) is 17.0. The van der Waals surface area contributed by atoms with Gasteiger partial charge < -0.3 is 0 Å². The Morgan fingerprint density at radius 3 is 2.25 bits per heavy atom. The molecule has 0 spiro atoms.